The molecule has 0 aliphatic carbocycles. The zero-order chi connectivity index (χ0) is 23.8. The van der Waals surface area contributed by atoms with Crippen LogP contribution in [-0.4, -0.2) is 51.5 Å². The number of hydrogen-bond donors (Lipinski definition) is 2. The SMILES string of the molecule is CCCCC/C=C\CCn1c(C(C)=O)cc2cnc(Nc3ccc(N4CCNCC4)cn3)nc21. The molecular weight excluding hydrogens is 426 g/mol. The number of pyridine rings is 1. The molecule has 0 radical (unpaired) electrons. The first-order valence-corrected chi connectivity index (χ1v) is 12.4. The fraction of sp³-hybridized carbons (Fsp3) is 0.462. The smallest absolute Gasteiger partial charge is 0.230 e. The Morgan fingerprint density at radius 3 is 2.68 bits per heavy atom. The molecule has 3 aromatic heterocycles. The molecule has 8 nitrogen and oxygen atoms in total. The molecule has 0 amide bonds. The van der Waals surface area contributed by atoms with Gasteiger partial charge in [0, 0.05) is 51.2 Å². The van der Waals surface area contributed by atoms with Crippen LogP contribution in [0.15, 0.2) is 42.7 Å². The van der Waals surface area contributed by atoms with E-state index in [9.17, 15) is 4.79 Å². The van der Waals surface area contributed by atoms with Crippen LogP contribution in [0.4, 0.5) is 17.5 Å². The Labute approximate surface area is 201 Å². The van der Waals surface area contributed by atoms with E-state index in [1.807, 2.05) is 22.9 Å². The predicted molar refractivity (Wildman–Crippen MR) is 138 cm³/mol. The Balaban J connectivity index is 1.47. The van der Waals surface area contributed by atoms with Crippen molar-refractivity contribution in [2.45, 2.75) is 52.5 Å². The molecule has 0 aromatic carbocycles. The van der Waals surface area contributed by atoms with Gasteiger partial charge in [0.15, 0.2) is 5.78 Å². The van der Waals surface area contributed by atoms with Gasteiger partial charge >= 0.3 is 0 Å². The van der Waals surface area contributed by atoms with Crippen LogP contribution in [0.1, 0.15) is 56.4 Å². The molecule has 1 fully saturated rings. The fourth-order valence-electron chi connectivity index (χ4n) is 4.25. The van der Waals surface area contributed by atoms with E-state index in [0.717, 1.165) is 55.7 Å². The summed E-state index contributed by atoms with van der Waals surface area (Å²) in [6.07, 6.45) is 13.8. The van der Waals surface area contributed by atoms with E-state index >= 15 is 0 Å². The number of aryl methyl sites for hydroxylation is 1. The van der Waals surface area contributed by atoms with Gasteiger partial charge in [-0.05, 0) is 37.5 Å². The maximum atomic E-state index is 12.3. The summed E-state index contributed by atoms with van der Waals surface area (Å²) < 4.78 is 2.00. The van der Waals surface area contributed by atoms with E-state index in [0.29, 0.717) is 24.0 Å². The van der Waals surface area contributed by atoms with Gasteiger partial charge in [-0.2, -0.15) is 4.98 Å². The predicted octanol–water partition coefficient (Wildman–Crippen LogP) is 4.71. The number of carbonyl (C=O) groups excluding carboxylic acids is 1. The second kappa shape index (κ2) is 11.7. The average Bonchev–Trinajstić information content (AvgIpc) is 3.23. The Bertz CT molecular complexity index is 1110. The largest absolute Gasteiger partial charge is 0.368 e. The van der Waals surface area contributed by atoms with Crippen molar-refractivity contribution in [3.8, 4) is 0 Å². The molecule has 180 valence electrons. The topological polar surface area (TPSA) is 88.0 Å². The van der Waals surface area contributed by atoms with Crippen molar-refractivity contribution in [2.24, 2.45) is 0 Å². The first-order chi connectivity index (χ1) is 16.7. The molecule has 4 heterocycles. The van der Waals surface area contributed by atoms with Crippen LogP contribution in [0.2, 0.25) is 0 Å². The fourth-order valence-corrected chi connectivity index (χ4v) is 4.25. The highest BCUT2D eigenvalue weighted by atomic mass is 16.1. The maximum Gasteiger partial charge on any atom is 0.230 e. The number of rotatable bonds is 11. The molecule has 0 bridgehead atoms. The zero-order valence-electron chi connectivity index (χ0n) is 20.3. The molecular formula is C26H35N7O. The van der Waals surface area contributed by atoms with Gasteiger partial charge in [-0.25, -0.2) is 9.97 Å². The third-order valence-electron chi connectivity index (χ3n) is 6.13. The number of carbonyl (C=O) groups is 1. The molecule has 0 atom stereocenters. The normalized spacial score (nSPS) is 14.2. The number of anilines is 3. The van der Waals surface area contributed by atoms with Gasteiger partial charge in [-0.15, -0.1) is 0 Å². The molecule has 2 N–H and O–H groups in total. The highest BCUT2D eigenvalue weighted by Crippen LogP contribution is 2.22. The summed E-state index contributed by atoms with van der Waals surface area (Å²) in [6.45, 7) is 8.47. The summed E-state index contributed by atoms with van der Waals surface area (Å²) in [4.78, 5) is 28.3. The number of allylic oxidation sites excluding steroid dienone is 2. The molecule has 0 spiro atoms. The highest BCUT2D eigenvalue weighted by molar-refractivity contribution is 5.97. The highest BCUT2D eigenvalue weighted by Gasteiger charge is 2.15. The van der Waals surface area contributed by atoms with Crippen LogP contribution in [-0.2, 0) is 6.54 Å². The van der Waals surface area contributed by atoms with E-state index in [-0.39, 0.29) is 5.78 Å². The molecule has 1 aliphatic rings. The number of aromatic nitrogens is 4. The number of Topliss-reactive ketones (excluding diaryl/α,β-unsaturated/α-hetero) is 1. The quantitative estimate of drug-likeness (QED) is 0.243. The number of hydrogen-bond acceptors (Lipinski definition) is 7. The van der Waals surface area contributed by atoms with E-state index in [2.05, 4.69) is 50.6 Å². The number of nitrogens with one attached hydrogen (secondary N) is 2. The van der Waals surface area contributed by atoms with E-state index in [1.165, 1.54) is 19.3 Å². The Hall–Kier alpha value is -3.26. The first kappa shape index (κ1) is 23.9. The van der Waals surface area contributed by atoms with Gasteiger partial charge in [0.1, 0.15) is 11.5 Å². The van der Waals surface area contributed by atoms with Gasteiger partial charge in [-0.1, -0.05) is 31.9 Å². The van der Waals surface area contributed by atoms with Crippen molar-refractivity contribution in [3.63, 3.8) is 0 Å². The summed E-state index contributed by atoms with van der Waals surface area (Å²) in [6, 6.07) is 5.91. The molecule has 0 saturated carbocycles. The van der Waals surface area contributed by atoms with Gasteiger partial charge in [0.05, 0.1) is 17.6 Å². The summed E-state index contributed by atoms with van der Waals surface area (Å²) in [7, 11) is 0. The average molecular weight is 462 g/mol. The summed E-state index contributed by atoms with van der Waals surface area (Å²) in [5.74, 6) is 1.20. The lowest BCUT2D eigenvalue weighted by Gasteiger charge is -2.29. The van der Waals surface area contributed by atoms with Crippen molar-refractivity contribution >= 4 is 34.3 Å². The summed E-state index contributed by atoms with van der Waals surface area (Å²) >= 11 is 0. The third-order valence-corrected chi connectivity index (χ3v) is 6.13. The van der Waals surface area contributed by atoms with Crippen molar-refractivity contribution in [3.05, 3.63) is 48.4 Å². The van der Waals surface area contributed by atoms with Crippen LogP contribution in [0.5, 0.6) is 0 Å². The van der Waals surface area contributed by atoms with E-state index in [4.69, 9.17) is 4.98 Å². The molecule has 1 aliphatic heterocycles. The van der Waals surface area contributed by atoms with Gasteiger partial charge in [0.2, 0.25) is 5.95 Å². The van der Waals surface area contributed by atoms with E-state index in [1.54, 1.807) is 13.1 Å². The minimum Gasteiger partial charge on any atom is -0.368 e. The standard InChI is InChI=1S/C26H35N7O/c1-3-4-5-6-7-8-9-14-33-23(20(2)34)17-21-18-29-26(31-25(21)33)30-24-11-10-22(19-28-24)32-15-12-27-13-16-32/h7-8,10-11,17-19,27H,3-6,9,12-16H2,1-2H3,(H,28,29,30,31)/b8-7-. The van der Waals surface area contributed by atoms with Crippen LogP contribution < -0.4 is 15.5 Å². The minimum atomic E-state index is 0.0320. The number of nitrogens with zero attached hydrogens (tertiary/aromatic N) is 5. The number of fused-ring (bicyclic) bond motifs is 1. The summed E-state index contributed by atoms with van der Waals surface area (Å²) in [5, 5.41) is 7.44. The Morgan fingerprint density at radius 2 is 1.94 bits per heavy atom. The molecule has 4 rings (SSSR count). The molecule has 8 heteroatoms. The molecule has 0 unspecified atom stereocenters. The second-order valence-corrected chi connectivity index (χ2v) is 8.73. The Kier molecular flexibility index (Phi) is 8.25. The lowest BCUT2D eigenvalue weighted by Crippen LogP contribution is -2.43. The van der Waals surface area contributed by atoms with E-state index < -0.39 is 0 Å². The zero-order valence-corrected chi connectivity index (χ0v) is 20.3. The lowest BCUT2D eigenvalue weighted by molar-refractivity contribution is 0.100. The van der Waals surface area contributed by atoms with Crippen LogP contribution in [0, 0.1) is 0 Å². The van der Waals surface area contributed by atoms with Crippen molar-refractivity contribution in [1.82, 2.24) is 24.8 Å². The Morgan fingerprint density at radius 1 is 1.12 bits per heavy atom. The maximum absolute atomic E-state index is 12.3. The van der Waals surface area contributed by atoms with Crippen molar-refractivity contribution < 1.29 is 4.79 Å². The van der Waals surface area contributed by atoms with Crippen molar-refractivity contribution in [2.75, 3.05) is 36.4 Å². The summed E-state index contributed by atoms with van der Waals surface area (Å²) in [5.41, 5.74) is 2.55. The third kappa shape index (κ3) is 5.99. The molecule has 1 saturated heterocycles. The monoisotopic (exact) mass is 461 g/mol. The first-order valence-electron chi connectivity index (χ1n) is 12.4. The van der Waals surface area contributed by atoms with Crippen molar-refractivity contribution in [1.29, 1.82) is 0 Å². The van der Waals surface area contributed by atoms with Gasteiger partial charge < -0.3 is 20.1 Å². The number of unbranched alkanes of at least 4 members (excludes halogenated alkanes) is 3. The molecule has 34 heavy (non-hydrogen) atoms. The number of piperazine rings is 1. The minimum absolute atomic E-state index is 0.0320. The van der Waals surface area contributed by atoms with Gasteiger partial charge in [0.25, 0.3) is 0 Å². The van der Waals surface area contributed by atoms with Gasteiger partial charge in [-0.3, -0.25) is 4.79 Å². The van der Waals surface area contributed by atoms with Crippen LogP contribution >= 0.6 is 0 Å². The second-order valence-electron chi connectivity index (χ2n) is 8.73. The van der Waals surface area contributed by atoms with Crippen LogP contribution in [0.3, 0.4) is 0 Å². The number of ketones is 1. The molecule has 3 aromatic rings. The lowest BCUT2D eigenvalue weighted by atomic mass is 10.2. The van der Waals surface area contributed by atoms with Crippen LogP contribution in [0.25, 0.3) is 11.0 Å².